The lowest BCUT2D eigenvalue weighted by Crippen LogP contribution is -2.11. The lowest BCUT2D eigenvalue weighted by molar-refractivity contribution is -0.149. The van der Waals surface area contributed by atoms with E-state index in [4.69, 9.17) is 4.42 Å². The van der Waals surface area contributed by atoms with Crippen LogP contribution in [0.5, 0.6) is 0 Å². The largest absolute Gasteiger partial charge is 0.465 e. The van der Waals surface area contributed by atoms with Crippen molar-refractivity contribution in [1.82, 2.24) is 0 Å². The van der Waals surface area contributed by atoms with Crippen LogP contribution in [0.15, 0.2) is 28.9 Å². The van der Waals surface area contributed by atoms with Gasteiger partial charge in [-0.15, -0.1) is 0 Å². The molecule has 0 spiro atoms. The minimum Gasteiger partial charge on any atom is -0.465 e. The Bertz CT molecular complexity index is 321. The maximum atomic E-state index is 10.9. The Kier molecular flexibility index (Phi) is 3.03. The molecule has 0 radical (unpaired) electrons. The number of ether oxygens (including phenoxy) is 1. The summed E-state index contributed by atoms with van der Waals surface area (Å²) in [5.74, 6) is -1.08. The Morgan fingerprint density at radius 2 is 2.31 bits per heavy atom. The smallest absolute Gasteiger partial charge is 0.378 e. The molecule has 0 atom stereocenters. The normalized spacial score (nSPS) is 10.2. The molecule has 0 aliphatic rings. The average molecular weight is 180 g/mol. The minimum atomic E-state index is -0.886. The van der Waals surface area contributed by atoms with E-state index in [0.29, 0.717) is 5.76 Å². The van der Waals surface area contributed by atoms with Crippen LogP contribution >= 0.6 is 0 Å². The van der Waals surface area contributed by atoms with E-state index in [2.05, 4.69) is 4.74 Å². The molecule has 0 amide bonds. The molecule has 1 aromatic heterocycles. The second-order valence-electron chi connectivity index (χ2n) is 2.20. The monoisotopic (exact) mass is 180 g/mol. The van der Waals surface area contributed by atoms with E-state index in [0.717, 1.165) is 13.2 Å². The average Bonchev–Trinajstić information content (AvgIpc) is 2.65. The van der Waals surface area contributed by atoms with Crippen molar-refractivity contribution in [2.75, 3.05) is 7.11 Å². The molecule has 0 saturated heterocycles. The second-order valence-corrected chi connectivity index (χ2v) is 2.20. The Morgan fingerprint density at radius 1 is 1.54 bits per heavy atom. The molecule has 1 heterocycles. The fourth-order valence-electron chi connectivity index (χ4n) is 0.713. The lowest BCUT2D eigenvalue weighted by atomic mass is 10.3. The highest BCUT2D eigenvalue weighted by atomic mass is 16.5. The van der Waals surface area contributed by atoms with Gasteiger partial charge in [-0.05, 0) is 24.3 Å². The third kappa shape index (κ3) is 2.59. The van der Waals surface area contributed by atoms with E-state index in [1.54, 1.807) is 12.1 Å². The van der Waals surface area contributed by atoms with Gasteiger partial charge in [0, 0.05) is 0 Å². The molecule has 0 N–H and O–H groups in total. The molecule has 0 aliphatic heterocycles. The molecule has 0 unspecified atom stereocenters. The topological polar surface area (TPSA) is 56.5 Å². The van der Waals surface area contributed by atoms with Crippen molar-refractivity contribution in [2.24, 2.45) is 0 Å². The van der Waals surface area contributed by atoms with E-state index in [9.17, 15) is 9.59 Å². The summed E-state index contributed by atoms with van der Waals surface area (Å²) in [6.07, 6.45) is 3.98. The van der Waals surface area contributed by atoms with Crippen LogP contribution in [-0.2, 0) is 14.3 Å². The van der Waals surface area contributed by atoms with Crippen molar-refractivity contribution < 1.29 is 18.7 Å². The second kappa shape index (κ2) is 4.25. The van der Waals surface area contributed by atoms with Crippen LogP contribution in [0.4, 0.5) is 0 Å². The van der Waals surface area contributed by atoms with E-state index >= 15 is 0 Å². The van der Waals surface area contributed by atoms with Gasteiger partial charge in [-0.25, -0.2) is 4.79 Å². The predicted molar refractivity (Wildman–Crippen MR) is 44.8 cm³/mol. The van der Waals surface area contributed by atoms with Gasteiger partial charge >= 0.3 is 5.97 Å². The summed E-state index contributed by atoms with van der Waals surface area (Å²) in [6, 6.07) is 3.35. The third-order valence-corrected chi connectivity index (χ3v) is 1.33. The van der Waals surface area contributed by atoms with Gasteiger partial charge in [-0.2, -0.15) is 0 Å². The summed E-state index contributed by atoms with van der Waals surface area (Å²) >= 11 is 0. The zero-order chi connectivity index (χ0) is 9.68. The van der Waals surface area contributed by atoms with Gasteiger partial charge in [-0.1, -0.05) is 0 Å². The number of furan rings is 1. The molecule has 4 heteroatoms. The molecular formula is C9H8O4. The Hall–Kier alpha value is -1.84. The van der Waals surface area contributed by atoms with E-state index in [1.807, 2.05) is 0 Å². The van der Waals surface area contributed by atoms with Crippen LogP contribution in [0, 0.1) is 0 Å². The van der Waals surface area contributed by atoms with Gasteiger partial charge in [0.25, 0.3) is 5.78 Å². The van der Waals surface area contributed by atoms with Crippen molar-refractivity contribution in [1.29, 1.82) is 0 Å². The van der Waals surface area contributed by atoms with Crippen molar-refractivity contribution >= 4 is 17.8 Å². The summed E-state index contributed by atoms with van der Waals surface area (Å²) in [5.41, 5.74) is 0. The molecule has 0 fully saturated rings. The number of carbonyl (C=O) groups is 2. The minimum absolute atomic E-state index is 0.511. The van der Waals surface area contributed by atoms with Gasteiger partial charge in [0.1, 0.15) is 5.76 Å². The summed E-state index contributed by atoms with van der Waals surface area (Å²) in [7, 11) is 1.15. The molecule has 68 valence electrons. The highest BCUT2D eigenvalue weighted by Crippen LogP contribution is 2.02. The molecule has 0 saturated carbocycles. The summed E-state index contributed by atoms with van der Waals surface area (Å²) in [4.78, 5) is 21.5. The summed E-state index contributed by atoms with van der Waals surface area (Å²) < 4.78 is 9.12. The van der Waals surface area contributed by atoms with Gasteiger partial charge in [-0.3, -0.25) is 4.79 Å². The molecule has 1 aromatic rings. The summed E-state index contributed by atoms with van der Waals surface area (Å²) in [6.45, 7) is 0. The number of rotatable bonds is 3. The first-order valence-electron chi connectivity index (χ1n) is 3.58. The molecule has 4 nitrogen and oxygen atoms in total. The SMILES string of the molecule is COC(=O)C(=O)/C=C/c1ccco1. The molecule has 0 bridgehead atoms. The Balaban J connectivity index is 2.59. The van der Waals surface area contributed by atoms with Crippen LogP contribution < -0.4 is 0 Å². The molecule has 0 aromatic carbocycles. The number of esters is 1. The zero-order valence-corrected chi connectivity index (χ0v) is 7.02. The van der Waals surface area contributed by atoms with Crippen LogP contribution in [0.1, 0.15) is 5.76 Å². The maximum Gasteiger partial charge on any atom is 0.378 e. The first kappa shape index (κ1) is 9.25. The van der Waals surface area contributed by atoms with Crippen molar-refractivity contribution in [3.8, 4) is 0 Å². The van der Waals surface area contributed by atoms with E-state index in [1.165, 1.54) is 12.3 Å². The first-order valence-corrected chi connectivity index (χ1v) is 3.58. The van der Waals surface area contributed by atoms with E-state index in [-0.39, 0.29) is 0 Å². The van der Waals surface area contributed by atoms with Crippen molar-refractivity contribution in [3.63, 3.8) is 0 Å². The molecule has 1 rings (SSSR count). The number of hydrogen-bond acceptors (Lipinski definition) is 4. The Labute approximate surface area is 74.8 Å². The van der Waals surface area contributed by atoms with Gasteiger partial charge in [0.2, 0.25) is 0 Å². The number of carbonyl (C=O) groups excluding carboxylic acids is 2. The molecule has 0 aliphatic carbocycles. The highest BCUT2D eigenvalue weighted by Gasteiger charge is 2.08. The fraction of sp³-hybridized carbons (Fsp3) is 0.111. The number of hydrogen-bond donors (Lipinski definition) is 0. The fourth-order valence-corrected chi connectivity index (χ4v) is 0.713. The van der Waals surface area contributed by atoms with Gasteiger partial charge < -0.3 is 9.15 Å². The van der Waals surface area contributed by atoms with Gasteiger partial charge in [0.05, 0.1) is 13.4 Å². The standard InChI is InChI=1S/C9H8O4/c1-12-9(11)8(10)5-4-7-3-2-6-13-7/h2-6H,1H3/b5-4+. The predicted octanol–water partition coefficient (Wildman–Crippen LogP) is 1.03. The quantitative estimate of drug-likeness (QED) is 0.396. The Morgan fingerprint density at radius 3 is 2.85 bits per heavy atom. The molecule has 13 heavy (non-hydrogen) atoms. The first-order chi connectivity index (χ1) is 6.24. The van der Waals surface area contributed by atoms with E-state index < -0.39 is 11.8 Å². The third-order valence-electron chi connectivity index (χ3n) is 1.33. The van der Waals surface area contributed by atoms with Crippen LogP contribution in [0.25, 0.3) is 6.08 Å². The van der Waals surface area contributed by atoms with Crippen molar-refractivity contribution in [3.05, 3.63) is 30.2 Å². The van der Waals surface area contributed by atoms with Crippen LogP contribution in [0.3, 0.4) is 0 Å². The number of methoxy groups -OCH3 is 1. The lowest BCUT2D eigenvalue weighted by Gasteiger charge is -1.90. The van der Waals surface area contributed by atoms with Crippen LogP contribution in [-0.4, -0.2) is 18.9 Å². The van der Waals surface area contributed by atoms with Crippen LogP contribution in [0.2, 0.25) is 0 Å². The van der Waals surface area contributed by atoms with Gasteiger partial charge in [0.15, 0.2) is 0 Å². The summed E-state index contributed by atoms with van der Waals surface area (Å²) in [5, 5.41) is 0. The van der Waals surface area contributed by atoms with Crippen molar-refractivity contribution in [2.45, 2.75) is 0 Å². The zero-order valence-electron chi connectivity index (χ0n) is 7.02. The maximum absolute atomic E-state index is 10.9. The molecular weight excluding hydrogens is 172 g/mol. The highest BCUT2D eigenvalue weighted by molar-refractivity contribution is 6.39. The number of ketones is 1.